The average Bonchev–Trinajstić information content (AvgIpc) is 2.98. The van der Waals surface area contributed by atoms with Gasteiger partial charge in [-0.1, -0.05) is 0 Å². The number of ether oxygens (including phenoxy) is 3. The SMILES string of the molecule is C(OCC1CO1)C1CO1.NCCO. The van der Waals surface area contributed by atoms with Gasteiger partial charge in [-0.15, -0.1) is 0 Å². The van der Waals surface area contributed by atoms with Crippen molar-refractivity contribution in [2.45, 2.75) is 12.2 Å². The maximum Gasteiger partial charge on any atom is 0.104 e. The Morgan fingerprint density at radius 3 is 1.85 bits per heavy atom. The van der Waals surface area contributed by atoms with E-state index in [4.69, 9.17) is 25.1 Å². The van der Waals surface area contributed by atoms with Crippen molar-refractivity contribution in [3.8, 4) is 0 Å². The number of hydrogen-bond donors (Lipinski definition) is 2. The Bertz CT molecular complexity index is 111. The maximum absolute atomic E-state index is 7.75. The van der Waals surface area contributed by atoms with Crippen LogP contribution in [-0.4, -0.2) is 56.9 Å². The Balaban J connectivity index is 0.000000184. The van der Waals surface area contributed by atoms with E-state index in [0.29, 0.717) is 18.8 Å². The van der Waals surface area contributed by atoms with Crippen LogP contribution in [0, 0.1) is 0 Å². The minimum absolute atomic E-state index is 0.0972. The molecule has 0 aromatic heterocycles. The van der Waals surface area contributed by atoms with Gasteiger partial charge < -0.3 is 25.1 Å². The molecule has 78 valence electrons. The first kappa shape index (κ1) is 10.9. The van der Waals surface area contributed by atoms with Crippen LogP contribution < -0.4 is 5.73 Å². The van der Waals surface area contributed by atoms with Gasteiger partial charge in [0.25, 0.3) is 0 Å². The summed E-state index contributed by atoms with van der Waals surface area (Å²) in [5.74, 6) is 0. The first-order valence-corrected chi connectivity index (χ1v) is 4.48. The summed E-state index contributed by atoms with van der Waals surface area (Å²) in [5, 5.41) is 7.75. The number of aliphatic hydroxyl groups is 1. The van der Waals surface area contributed by atoms with Crippen LogP contribution in [-0.2, 0) is 14.2 Å². The molecule has 5 nitrogen and oxygen atoms in total. The highest BCUT2D eigenvalue weighted by Gasteiger charge is 2.26. The molecule has 3 N–H and O–H groups in total. The van der Waals surface area contributed by atoms with Gasteiger partial charge in [0.1, 0.15) is 12.2 Å². The minimum Gasteiger partial charge on any atom is -0.395 e. The Morgan fingerprint density at radius 2 is 1.62 bits per heavy atom. The number of hydrogen-bond acceptors (Lipinski definition) is 5. The molecule has 2 aliphatic rings. The lowest BCUT2D eigenvalue weighted by atomic mass is 10.5. The third-order valence-corrected chi connectivity index (χ3v) is 1.54. The Kier molecular flexibility index (Phi) is 5.26. The first-order chi connectivity index (χ1) is 6.36. The summed E-state index contributed by atoms with van der Waals surface area (Å²) in [7, 11) is 0. The van der Waals surface area contributed by atoms with Crippen molar-refractivity contribution < 1.29 is 19.3 Å². The number of aliphatic hydroxyl groups excluding tert-OH is 1. The van der Waals surface area contributed by atoms with E-state index < -0.39 is 0 Å². The van der Waals surface area contributed by atoms with Gasteiger partial charge in [-0.25, -0.2) is 0 Å². The zero-order chi connectivity index (χ0) is 9.52. The van der Waals surface area contributed by atoms with Gasteiger partial charge in [0.15, 0.2) is 0 Å². The molecule has 0 saturated carbocycles. The van der Waals surface area contributed by atoms with E-state index >= 15 is 0 Å². The number of rotatable bonds is 5. The fourth-order valence-corrected chi connectivity index (χ4v) is 0.659. The second kappa shape index (κ2) is 6.28. The Hall–Kier alpha value is -0.200. The molecule has 2 heterocycles. The van der Waals surface area contributed by atoms with Crippen LogP contribution in [0.4, 0.5) is 0 Å². The van der Waals surface area contributed by atoms with Crippen LogP contribution >= 0.6 is 0 Å². The predicted molar refractivity (Wildman–Crippen MR) is 46.4 cm³/mol. The molecule has 0 aliphatic carbocycles. The molecule has 0 aromatic rings. The molecule has 2 fully saturated rings. The van der Waals surface area contributed by atoms with Crippen molar-refractivity contribution in [1.29, 1.82) is 0 Å². The molecule has 2 saturated heterocycles. The van der Waals surface area contributed by atoms with Crippen molar-refractivity contribution >= 4 is 0 Å². The van der Waals surface area contributed by atoms with E-state index in [1.165, 1.54) is 0 Å². The molecule has 0 amide bonds. The molecular weight excluding hydrogens is 174 g/mol. The predicted octanol–water partition coefficient (Wildman–Crippen LogP) is -1.26. The smallest absolute Gasteiger partial charge is 0.104 e. The normalized spacial score (nSPS) is 29.1. The standard InChI is InChI=1S/C6H10O3.C2H7NO/c1(5-3-8-5)7-2-6-4-9-6;3-1-2-4/h5-6H,1-4H2;4H,1-3H2. The molecule has 0 spiro atoms. The largest absolute Gasteiger partial charge is 0.395 e. The summed E-state index contributed by atoms with van der Waals surface area (Å²) in [6, 6.07) is 0. The van der Waals surface area contributed by atoms with Crippen molar-refractivity contribution in [1.82, 2.24) is 0 Å². The highest BCUT2D eigenvalue weighted by Crippen LogP contribution is 2.12. The fourth-order valence-electron chi connectivity index (χ4n) is 0.659. The fraction of sp³-hybridized carbons (Fsp3) is 1.00. The van der Waals surface area contributed by atoms with Gasteiger partial charge in [0.05, 0.1) is 33.0 Å². The lowest BCUT2D eigenvalue weighted by Gasteiger charge is -1.95. The van der Waals surface area contributed by atoms with Gasteiger partial charge in [-0.2, -0.15) is 0 Å². The Labute approximate surface area is 77.8 Å². The highest BCUT2D eigenvalue weighted by atomic mass is 16.6. The van der Waals surface area contributed by atoms with Crippen molar-refractivity contribution in [3.63, 3.8) is 0 Å². The molecule has 13 heavy (non-hydrogen) atoms. The lowest BCUT2D eigenvalue weighted by Crippen LogP contribution is -2.06. The second-order valence-electron chi connectivity index (χ2n) is 2.96. The maximum atomic E-state index is 7.75. The molecule has 0 bridgehead atoms. The van der Waals surface area contributed by atoms with E-state index in [9.17, 15) is 0 Å². The molecule has 2 aliphatic heterocycles. The molecule has 5 heteroatoms. The van der Waals surface area contributed by atoms with E-state index in [1.807, 2.05) is 0 Å². The minimum atomic E-state index is 0.0972. The number of nitrogens with two attached hydrogens (primary N) is 1. The van der Waals surface area contributed by atoms with Crippen LogP contribution in [0.15, 0.2) is 0 Å². The second-order valence-corrected chi connectivity index (χ2v) is 2.96. The van der Waals surface area contributed by atoms with Crippen LogP contribution in [0.25, 0.3) is 0 Å². The number of epoxide rings is 2. The summed E-state index contributed by atoms with van der Waals surface area (Å²) in [6.07, 6.45) is 0.785. The van der Waals surface area contributed by atoms with Gasteiger partial charge in [0.2, 0.25) is 0 Å². The zero-order valence-corrected chi connectivity index (χ0v) is 7.65. The van der Waals surface area contributed by atoms with Crippen LogP contribution in [0.2, 0.25) is 0 Å². The Morgan fingerprint density at radius 1 is 1.23 bits per heavy atom. The summed E-state index contributed by atoms with van der Waals surface area (Å²) in [5.41, 5.74) is 4.78. The van der Waals surface area contributed by atoms with Crippen molar-refractivity contribution in [2.75, 3.05) is 39.6 Å². The first-order valence-electron chi connectivity index (χ1n) is 4.48. The molecule has 0 radical (unpaired) electrons. The van der Waals surface area contributed by atoms with Gasteiger partial charge >= 0.3 is 0 Å². The average molecular weight is 191 g/mol. The van der Waals surface area contributed by atoms with Gasteiger partial charge in [-0.05, 0) is 0 Å². The van der Waals surface area contributed by atoms with E-state index in [1.54, 1.807) is 0 Å². The van der Waals surface area contributed by atoms with E-state index in [-0.39, 0.29) is 6.61 Å². The highest BCUT2D eigenvalue weighted by molar-refractivity contribution is 4.71. The molecular formula is C8H17NO4. The van der Waals surface area contributed by atoms with Crippen LogP contribution in [0.3, 0.4) is 0 Å². The summed E-state index contributed by atoms with van der Waals surface area (Å²) >= 11 is 0. The third-order valence-electron chi connectivity index (χ3n) is 1.54. The van der Waals surface area contributed by atoms with Crippen LogP contribution in [0.5, 0.6) is 0 Å². The van der Waals surface area contributed by atoms with E-state index in [0.717, 1.165) is 26.4 Å². The van der Waals surface area contributed by atoms with Crippen molar-refractivity contribution in [2.24, 2.45) is 5.73 Å². The summed E-state index contributed by atoms with van der Waals surface area (Å²) in [6.45, 7) is 3.73. The topological polar surface area (TPSA) is 80.5 Å². The monoisotopic (exact) mass is 191 g/mol. The third kappa shape index (κ3) is 6.92. The summed E-state index contributed by atoms with van der Waals surface area (Å²) < 4.78 is 15.1. The molecule has 2 atom stereocenters. The molecule has 2 rings (SSSR count). The quantitative estimate of drug-likeness (QED) is 0.530. The van der Waals surface area contributed by atoms with Gasteiger partial charge in [0, 0.05) is 6.54 Å². The lowest BCUT2D eigenvalue weighted by molar-refractivity contribution is 0.102. The zero-order valence-electron chi connectivity index (χ0n) is 7.65. The summed E-state index contributed by atoms with van der Waals surface area (Å²) in [4.78, 5) is 0. The molecule has 2 unspecified atom stereocenters. The van der Waals surface area contributed by atoms with Crippen molar-refractivity contribution in [3.05, 3.63) is 0 Å². The molecule has 0 aromatic carbocycles. The van der Waals surface area contributed by atoms with E-state index in [2.05, 4.69) is 0 Å². The van der Waals surface area contributed by atoms with Crippen LogP contribution in [0.1, 0.15) is 0 Å². The van der Waals surface area contributed by atoms with Gasteiger partial charge in [-0.3, -0.25) is 0 Å².